The molecule has 0 aromatic carbocycles. The highest BCUT2D eigenvalue weighted by atomic mass is 16.2. The summed E-state index contributed by atoms with van der Waals surface area (Å²) in [7, 11) is 2.15. The second-order valence-corrected chi connectivity index (χ2v) is 6.95. The predicted molar refractivity (Wildman–Crippen MR) is 99.3 cm³/mol. The van der Waals surface area contributed by atoms with E-state index in [0.29, 0.717) is 18.7 Å². The van der Waals surface area contributed by atoms with E-state index in [1.54, 1.807) is 24.8 Å². The van der Waals surface area contributed by atoms with Gasteiger partial charge in [0.25, 0.3) is 5.91 Å². The first-order valence-electron chi connectivity index (χ1n) is 9.18. The molecule has 1 saturated heterocycles. The van der Waals surface area contributed by atoms with Gasteiger partial charge in [-0.25, -0.2) is 9.97 Å². The van der Waals surface area contributed by atoms with Crippen molar-refractivity contribution in [1.82, 2.24) is 24.8 Å². The molecular weight excluding hydrogens is 328 g/mol. The maximum atomic E-state index is 12.8. The Hall–Kier alpha value is -2.54. The van der Waals surface area contributed by atoms with Crippen molar-refractivity contribution in [1.29, 1.82) is 0 Å². The first-order valence-corrected chi connectivity index (χ1v) is 9.18. The number of hydrogen-bond acceptors (Lipinski definition) is 6. The molecule has 0 atom stereocenters. The summed E-state index contributed by atoms with van der Waals surface area (Å²) < 4.78 is 0. The topological polar surface area (TPSA) is 65.5 Å². The number of fused-ring (bicyclic) bond motifs is 1. The summed E-state index contributed by atoms with van der Waals surface area (Å²) in [6, 6.07) is 3.62. The minimum atomic E-state index is 0.0417. The molecular formula is C19H24N6O. The van der Waals surface area contributed by atoms with Crippen LogP contribution in [0.15, 0.2) is 30.9 Å². The van der Waals surface area contributed by atoms with Crippen LogP contribution in [0.2, 0.25) is 0 Å². The van der Waals surface area contributed by atoms with Crippen molar-refractivity contribution in [2.45, 2.75) is 12.8 Å². The van der Waals surface area contributed by atoms with Crippen molar-refractivity contribution in [3.05, 3.63) is 47.7 Å². The standard InChI is InChI=1S/C19H24N6O/c1-23-9-11-24(12-10-23)18-16-4-7-25(8-5-17(16)21-14-22-18)19(26)15-3-2-6-20-13-15/h2-3,6,13-14H,4-5,7-12H2,1H3. The SMILES string of the molecule is CN1CCN(c2ncnc3c2CCN(C(=O)c2cccnc2)CC3)CC1. The van der Waals surface area contributed by atoms with E-state index in [2.05, 4.69) is 31.8 Å². The van der Waals surface area contributed by atoms with Gasteiger partial charge in [-0.05, 0) is 25.6 Å². The van der Waals surface area contributed by atoms with Gasteiger partial charge in [0.1, 0.15) is 12.1 Å². The van der Waals surface area contributed by atoms with Gasteiger partial charge in [0.2, 0.25) is 0 Å². The van der Waals surface area contributed by atoms with Crippen LogP contribution >= 0.6 is 0 Å². The van der Waals surface area contributed by atoms with Crippen LogP contribution in [0, 0.1) is 0 Å². The molecule has 0 aliphatic carbocycles. The highest BCUT2D eigenvalue weighted by Crippen LogP contribution is 2.25. The third kappa shape index (κ3) is 3.39. The molecule has 4 rings (SSSR count). The first-order chi connectivity index (χ1) is 12.7. The van der Waals surface area contributed by atoms with Gasteiger partial charge in [-0.15, -0.1) is 0 Å². The molecule has 0 spiro atoms. The summed E-state index contributed by atoms with van der Waals surface area (Å²) in [5, 5.41) is 0. The second kappa shape index (κ2) is 7.37. The molecule has 0 radical (unpaired) electrons. The normalized spacial score (nSPS) is 18.3. The number of anilines is 1. The fourth-order valence-corrected chi connectivity index (χ4v) is 3.67. The lowest BCUT2D eigenvalue weighted by Crippen LogP contribution is -2.45. The lowest BCUT2D eigenvalue weighted by Gasteiger charge is -2.34. The van der Waals surface area contributed by atoms with E-state index in [1.165, 1.54) is 5.56 Å². The molecule has 136 valence electrons. The Bertz CT molecular complexity index is 773. The highest BCUT2D eigenvalue weighted by molar-refractivity contribution is 5.93. The highest BCUT2D eigenvalue weighted by Gasteiger charge is 2.25. The lowest BCUT2D eigenvalue weighted by atomic mass is 10.1. The summed E-state index contributed by atoms with van der Waals surface area (Å²) in [4.78, 5) is 32.5. The maximum absolute atomic E-state index is 12.8. The Balaban J connectivity index is 1.53. The molecule has 1 fully saturated rings. The van der Waals surface area contributed by atoms with Crippen LogP contribution < -0.4 is 4.90 Å². The Morgan fingerprint density at radius 1 is 1.04 bits per heavy atom. The van der Waals surface area contributed by atoms with E-state index in [9.17, 15) is 4.79 Å². The van der Waals surface area contributed by atoms with E-state index in [1.807, 2.05) is 11.0 Å². The van der Waals surface area contributed by atoms with Crippen LogP contribution in [0.4, 0.5) is 5.82 Å². The summed E-state index contributed by atoms with van der Waals surface area (Å²) in [6.45, 7) is 5.43. The first kappa shape index (κ1) is 16.9. The van der Waals surface area contributed by atoms with Crippen LogP contribution in [-0.4, -0.2) is 77.0 Å². The van der Waals surface area contributed by atoms with E-state index in [4.69, 9.17) is 0 Å². The molecule has 2 aromatic heterocycles. The fraction of sp³-hybridized carbons (Fsp3) is 0.474. The molecule has 2 aliphatic rings. The second-order valence-electron chi connectivity index (χ2n) is 6.95. The molecule has 7 heteroatoms. The number of hydrogen-bond donors (Lipinski definition) is 0. The van der Waals surface area contributed by atoms with Crippen LogP contribution in [-0.2, 0) is 12.8 Å². The molecule has 1 amide bonds. The molecule has 2 aromatic rings. The monoisotopic (exact) mass is 352 g/mol. The number of rotatable bonds is 2. The number of pyridine rings is 1. The minimum absolute atomic E-state index is 0.0417. The van der Waals surface area contributed by atoms with Crippen LogP contribution in [0.1, 0.15) is 21.6 Å². The van der Waals surface area contributed by atoms with Crippen LogP contribution in [0.25, 0.3) is 0 Å². The third-order valence-electron chi connectivity index (χ3n) is 5.26. The largest absolute Gasteiger partial charge is 0.354 e. The predicted octanol–water partition coefficient (Wildman–Crippen LogP) is 0.864. The summed E-state index contributed by atoms with van der Waals surface area (Å²) >= 11 is 0. The van der Waals surface area contributed by atoms with Crippen molar-refractivity contribution in [2.75, 3.05) is 51.2 Å². The molecule has 0 N–H and O–H groups in total. The Kier molecular flexibility index (Phi) is 4.79. The van der Waals surface area contributed by atoms with Crippen molar-refractivity contribution in [3.8, 4) is 0 Å². The van der Waals surface area contributed by atoms with Gasteiger partial charge < -0.3 is 14.7 Å². The molecule has 0 unspecified atom stereocenters. The Labute approximate surface area is 153 Å². The van der Waals surface area contributed by atoms with E-state index in [-0.39, 0.29) is 5.91 Å². The number of carbonyl (C=O) groups is 1. The van der Waals surface area contributed by atoms with Crippen molar-refractivity contribution in [3.63, 3.8) is 0 Å². The van der Waals surface area contributed by atoms with Crippen molar-refractivity contribution >= 4 is 11.7 Å². The average Bonchev–Trinajstić information content (AvgIpc) is 2.91. The summed E-state index contributed by atoms with van der Waals surface area (Å²) in [5.74, 6) is 1.10. The van der Waals surface area contributed by atoms with Gasteiger partial charge in [-0.2, -0.15) is 0 Å². The van der Waals surface area contributed by atoms with Crippen molar-refractivity contribution < 1.29 is 4.79 Å². The number of piperazine rings is 1. The summed E-state index contributed by atoms with van der Waals surface area (Å²) in [5.41, 5.74) is 2.93. The van der Waals surface area contributed by atoms with E-state index < -0.39 is 0 Å². The Morgan fingerprint density at radius 2 is 1.85 bits per heavy atom. The molecule has 0 saturated carbocycles. The van der Waals surface area contributed by atoms with E-state index >= 15 is 0 Å². The summed E-state index contributed by atoms with van der Waals surface area (Å²) in [6.07, 6.45) is 6.56. The van der Waals surface area contributed by atoms with E-state index in [0.717, 1.165) is 50.5 Å². The fourth-order valence-electron chi connectivity index (χ4n) is 3.67. The zero-order valence-electron chi connectivity index (χ0n) is 15.1. The minimum Gasteiger partial charge on any atom is -0.354 e. The zero-order chi connectivity index (χ0) is 17.9. The average molecular weight is 352 g/mol. The number of nitrogens with zero attached hydrogens (tertiary/aromatic N) is 6. The smallest absolute Gasteiger partial charge is 0.255 e. The molecule has 0 bridgehead atoms. The molecule has 26 heavy (non-hydrogen) atoms. The van der Waals surface area contributed by atoms with Crippen LogP contribution in [0.3, 0.4) is 0 Å². The van der Waals surface area contributed by atoms with Gasteiger partial charge in [0.05, 0.1) is 11.3 Å². The number of amides is 1. The van der Waals surface area contributed by atoms with Gasteiger partial charge in [0.15, 0.2) is 0 Å². The zero-order valence-corrected chi connectivity index (χ0v) is 15.1. The van der Waals surface area contributed by atoms with Crippen molar-refractivity contribution in [2.24, 2.45) is 0 Å². The quantitative estimate of drug-likeness (QED) is 0.799. The number of carbonyl (C=O) groups excluding carboxylic acids is 1. The molecule has 4 heterocycles. The number of likely N-dealkylation sites (N-methyl/N-ethyl adjacent to an activating group) is 1. The van der Waals surface area contributed by atoms with Gasteiger partial charge in [-0.1, -0.05) is 0 Å². The number of aromatic nitrogens is 3. The maximum Gasteiger partial charge on any atom is 0.255 e. The molecule has 2 aliphatic heterocycles. The van der Waals surface area contributed by atoms with Gasteiger partial charge in [-0.3, -0.25) is 9.78 Å². The van der Waals surface area contributed by atoms with Gasteiger partial charge >= 0.3 is 0 Å². The molecule has 7 nitrogen and oxygen atoms in total. The Morgan fingerprint density at radius 3 is 2.62 bits per heavy atom. The van der Waals surface area contributed by atoms with Crippen LogP contribution in [0.5, 0.6) is 0 Å². The van der Waals surface area contributed by atoms with Gasteiger partial charge in [0, 0.05) is 63.6 Å². The lowest BCUT2D eigenvalue weighted by molar-refractivity contribution is 0.0762. The third-order valence-corrected chi connectivity index (χ3v) is 5.26.